The first kappa shape index (κ1) is 18.7. The summed E-state index contributed by atoms with van der Waals surface area (Å²) in [5, 5.41) is 3.51. The van der Waals surface area contributed by atoms with Crippen molar-refractivity contribution >= 4 is 16.9 Å². The predicted molar refractivity (Wildman–Crippen MR) is 114 cm³/mol. The Morgan fingerprint density at radius 2 is 1.90 bits per heavy atom. The van der Waals surface area contributed by atoms with Crippen LogP contribution in [0.25, 0.3) is 28.1 Å². The fraction of sp³-hybridized carbons (Fsp3) is 0.261. The molecular formula is C23H22FN5O. The first-order chi connectivity index (χ1) is 14.7. The lowest BCUT2D eigenvalue weighted by Crippen LogP contribution is -2.28. The Kier molecular flexibility index (Phi) is 4.88. The van der Waals surface area contributed by atoms with Gasteiger partial charge < -0.3 is 10.1 Å². The molecule has 6 nitrogen and oxygen atoms in total. The van der Waals surface area contributed by atoms with Crippen LogP contribution in [-0.4, -0.2) is 38.8 Å². The normalized spacial score (nSPS) is 14.9. The molecule has 1 aliphatic heterocycles. The molecule has 152 valence electrons. The molecule has 1 aliphatic rings. The molecule has 3 aromatic heterocycles. The number of ether oxygens (including phenoxy) is 1. The molecule has 30 heavy (non-hydrogen) atoms. The van der Waals surface area contributed by atoms with Gasteiger partial charge in [-0.1, -0.05) is 0 Å². The molecule has 0 atom stereocenters. The highest BCUT2D eigenvalue weighted by atomic mass is 19.1. The summed E-state index contributed by atoms with van der Waals surface area (Å²) in [6.07, 6.45) is 7.32. The molecule has 0 bridgehead atoms. The van der Waals surface area contributed by atoms with Gasteiger partial charge >= 0.3 is 0 Å². The number of rotatable bonds is 4. The first-order valence-electron chi connectivity index (χ1n) is 10.1. The molecule has 1 saturated heterocycles. The summed E-state index contributed by atoms with van der Waals surface area (Å²) in [7, 11) is 0. The fourth-order valence-corrected chi connectivity index (χ4v) is 3.88. The van der Waals surface area contributed by atoms with E-state index in [1.807, 2.05) is 16.8 Å². The van der Waals surface area contributed by atoms with Gasteiger partial charge in [0, 0.05) is 42.9 Å². The number of aromatic nitrogens is 4. The third kappa shape index (κ3) is 3.52. The highest BCUT2D eigenvalue weighted by Gasteiger charge is 2.18. The molecule has 7 heteroatoms. The Labute approximate surface area is 173 Å². The van der Waals surface area contributed by atoms with Gasteiger partial charge in [-0.05, 0) is 61.7 Å². The summed E-state index contributed by atoms with van der Waals surface area (Å²) in [4.78, 5) is 13.7. The van der Waals surface area contributed by atoms with E-state index in [4.69, 9.17) is 9.72 Å². The molecule has 1 fully saturated rings. The number of fused-ring (bicyclic) bond motifs is 1. The minimum atomic E-state index is -0.274. The second kappa shape index (κ2) is 7.84. The van der Waals surface area contributed by atoms with Gasteiger partial charge in [0.05, 0.1) is 17.2 Å². The summed E-state index contributed by atoms with van der Waals surface area (Å²) < 4.78 is 20.9. The SMILES string of the molecule is Cc1cc(NC2CCOCC2)ncc1-c1nc2ccncc2n1-c1ccc(F)cc1. The van der Waals surface area contributed by atoms with E-state index in [2.05, 4.69) is 28.3 Å². The Bertz CT molecular complexity index is 1180. The van der Waals surface area contributed by atoms with E-state index < -0.39 is 0 Å². The highest BCUT2D eigenvalue weighted by Crippen LogP contribution is 2.31. The molecule has 5 rings (SSSR count). The monoisotopic (exact) mass is 403 g/mol. The standard InChI is InChI=1S/C23H22FN5O/c1-15-12-22(27-17-7-10-30-11-8-17)26-13-19(15)23-28-20-6-9-25-14-21(20)29(23)18-4-2-16(24)3-5-18/h2-6,9,12-14,17H,7-8,10-11H2,1H3,(H,26,27). The van der Waals surface area contributed by atoms with Crippen LogP contribution in [-0.2, 0) is 4.74 Å². The first-order valence-corrected chi connectivity index (χ1v) is 10.1. The number of imidazole rings is 1. The van der Waals surface area contributed by atoms with Gasteiger partial charge in [-0.15, -0.1) is 0 Å². The number of hydrogen-bond donors (Lipinski definition) is 1. The van der Waals surface area contributed by atoms with E-state index in [0.29, 0.717) is 6.04 Å². The van der Waals surface area contributed by atoms with Crippen molar-refractivity contribution in [1.29, 1.82) is 0 Å². The fourth-order valence-electron chi connectivity index (χ4n) is 3.88. The Balaban J connectivity index is 1.57. The number of nitrogens with one attached hydrogen (secondary N) is 1. The van der Waals surface area contributed by atoms with E-state index in [-0.39, 0.29) is 5.82 Å². The van der Waals surface area contributed by atoms with Crippen molar-refractivity contribution in [3.8, 4) is 17.1 Å². The van der Waals surface area contributed by atoms with Gasteiger partial charge in [-0.2, -0.15) is 0 Å². The molecule has 0 amide bonds. The summed E-state index contributed by atoms with van der Waals surface area (Å²) in [6.45, 7) is 3.62. The number of aryl methyl sites for hydroxylation is 1. The number of anilines is 1. The molecule has 0 radical (unpaired) electrons. The van der Waals surface area contributed by atoms with Gasteiger partial charge in [-0.3, -0.25) is 9.55 Å². The maximum Gasteiger partial charge on any atom is 0.147 e. The smallest absolute Gasteiger partial charge is 0.147 e. The van der Waals surface area contributed by atoms with Crippen LogP contribution >= 0.6 is 0 Å². The van der Waals surface area contributed by atoms with Crippen LogP contribution < -0.4 is 5.32 Å². The predicted octanol–water partition coefficient (Wildman–Crippen LogP) is 4.52. The topological polar surface area (TPSA) is 64.9 Å². The largest absolute Gasteiger partial charge is 0.381 e. The summed E-state index contributed by atoms with van der Waals surface area (Å²) >= 11 is 0. The van der Waals surface area contributed by atoms with Crippen molar-refractivity contribution < 1.29 is 9.13 Å². The zero-order valence-corrected chi connectivity index (χ0v) is 16.7. The van der Waals surface area contributed by atoms with Crippen LogP contribution in [0.4, 0.5) is 10.2 Å². The lowest BCUT2D eigenvalue weighted by atomic mass is 10.1. The van der Waals surface area contributed by atoms with Crippen molar-refractivity contribution in [3.05, 3.63) is 66.4 Å². The number of pyridine rings is 2. The third-order valence-corrected chi connectivity index (χ3v) is 5.47. The summed E-state index contributed by atoms with van der Waals surface area (Å²) in [5.41, 5.74) is 4.50. The van der Waals surface area contributed by atoms with E-state index in [1.165, 1.54) is 12.1 Å². The second-order valence-corrected chi connectivity index (χ2v) is 7.53. The van der Waals surface area contributed by atoms with E-state index in [0.717, 1.165) is 65.5 Å². The minimum absolute atomic E-state index is 0.274. The van der Waals surface area contributed by atoms with Gasteiger partial charge in [-0.25, -0.2) is 14.4 Å². The Morgan fingerprint density at radius 1 is 1.10 bits per heavy atom. The average Bonchev–Trinajstić information content (AvgIpc) is 3.14. The van der Waals surface area contributed by atoms with Gasteiger partial charge in [0.2, 0.25) is 0 Å². The molecular weight excluding hydrogens is 381 g/mol. The number of hydrogen-bond acceptors (Lipinski definition) is 5. The molecule has 0 saturated carbocycles. The van der Waals surface area contributed by atoms with Crippen molar-refractivity contribution in [3.63, 3.8) is 0 Å². The van der Waals surface area contributed by atoms with Gasteiger partial charge in [0.25, 0.3) is 0 Å². The third-order valence-electron chi connectivity index (χ3n) is 5.47. The van der Waals surface area contributed by atoms with Crippen molar-refractivity contribution in [2.24, 2.45) is 0 Å². The molecule has 0 unspecified atom stereocenters. The van der Waals surface area contributed by atoms with Crippen LogP contribution in [0.5, 0.6) is 0 Å². The van der Waals surface area contributed by atoms with Crippen LogP contribution in [0, 0.1) is 12.7 Å². The van der Waals surface area contributed by atoms with Crippen molar-refractivity contribution in [2.45, 2.75) is 25.8 Å². The van der Waals surface area contributed by atoms with E-state index in [1.54, 1.807) is 24.5 Å². The maximum absolute atomic E-state index is 13.5. The molecule has 1 aromatic carbocycles. The second-order valence-electron chi connectivity index (χ2n) is 7.53. The minimum Gasteiger partial charge on any atom is -0.381 e. The zero-order valence-electron chi connectivity index (χ0n) is 16.7. The highest BCUT2D eigenvalue weighted by molar-refractivity contribution is 5.83. The zero-order chi connectivity index (χ0) is 20.5. The Hall–Kier alpha value is -3.32. The molecule has 1 N–H and O–H groups in total. The maximum atomic E-state index is 13.5. The number of nitrogens with zero attached hydrogens (tertiary/aromatic N) is 4. The average molecular weight is 403 g/mol. The molecule has 4 heterocycles. The molecule has 0 aliphatic carbocycles. The van der Waals surface area contributed by atoms with Crippen LogP contribution in [0.2, 0.25) is 0 Å². The Morgan fingerprint density at radius 3 is 2.67 bits per heavy atom. The van der Waals surface area contributed by atoms with Gasteiger partial charge in [0.15, 0.2) is 0 Å². The van der Waals surface area contributed by atoms with Crippen LogP contribution in [0.15, 0.2) is 55.0 Å². The van der Waals surface area contributed by atoms with Gasteiger partial charge in [0.1, 0.15) is 17.5 Å². The van der Waals surface area contributed by atoms with Crippen LogP contribution in [0.3, 0.4) is 0 Å². The lowest BCUT2D eigenvalue weighted by Gasteiger charge is -2.24. The summed E-state index contributed by atoms with van der Waals surface area (Å²) in [6, 6.07) is 10.7. The number of halogens is 1. The molecule has 4 aromatic rings. The van der Waals surface area contributed by atoms with Crippen molar-refractivity contribution in [1.82, 2.24) is 19.5 Å². The van der Waals surface area contributed by atoms with E-state index in [9.17, 15) is 4.39 Å². The van der Waals surface area contributed by atoms with Crippen molar-refractivity contribution in [2.75, 3.05) is 18.5 Å². The lowest BCUT2D eigenvalue weighted by molar-refractivity contribution is 0.0904. The quantitative estimate of drug-likeness (QED) is 0.543. The van der Waals surface area contributed by atoms with Crippen LogP contribution in [0.1, 0.15) is 18.4 Å². The van der Waals surface area contributed by atoms with E-state index >= 15 is 0 Å². The number of benzene rings is 1. The summed E-state index contributed by atoms with van der Waals surface area (Å²) in [5.74, 6) is 1.34. The molecule has 0 spiro atoms.